The quantitative estimate of drug-likeness (QED) is 0.697. The summed E-state index contributed by atoms with van der Waals surface area (Å²) in [6.45, 7) is 1.88. The average molecular weight is 295 g/mol. The van der Waals surface area contributed by atoms with Crippen LogP contribution in [-0.2, 0) is 4.79 Å². The fraction of sp³-hybridized carbons (Fsp3) is 0.154. The molecule has 4 nitrogen and oxygen atoms in total. The van der Waals surface area contributed by atoms with Gasteiger partial charge in [-0.2, -0.15) is 0 Å². The number of anilines is 1. The number of aryl methyl sites for hydroxylation is 1. The van der Waals surface area contributed by atoms with Gasteiger partial charge in [0.15, 0.2) is 5.78 Å². The first kappa shape index (κ1) is 13.7. The summed E-state index contributed by atoms with van der Waals surface area (Å²) in [6.07, 6.45) is 3.11. The van der Waals surface area contributed by atoms with Crippen LogP contribution in [0.3, 0.4) is 0 Å². The largest absolute Gasteiger partial charge is 0.316 e. The van der Waals surface area contributed by atoms with E-state index in [0.29, 0.717) is 16.1 Å². The lowest BCUT2D eigenvalue weighted by atomic mass is 10.1. The van der Waals surface area contributed by atoms with Crippen LogP contribution in [-0.4, -0.2) is 22.6 Å². The molecule has 2 aromatic heterocycles. The maximum atomic E-state index is 12.3. The van der Waals surface area contributed by atoms with Crippen LogP contribution >= 0.6 is 22.9 Å². The predicted molar refractivity (Wildman–Crippen MR) is 76.1 cm³/mol. The molecule has 2 aromatic rings. The van der Waals surface area contributed by atoms with Crippen LogP contribution in [0.2, 0.25) is 0 Å². The number of rotatable bonds is 4. The van der Waals surface area contributed by atoms with E-state index < -0.39 is 0 Å². The van der Waals surface area contributed by atoms with E-state index in [1.54, 1.807) is 24.4 Å². The molecule has 0 spiro atoms. The Hall–Kier alpha value is -1.72. The molecule has 0 aliphatic rings. The van der Waals surface area contributed by atoms with E-state index in [-0.39, 0.29) is 17.6 Å². The molecule has 0 unspecified atom stereocenters. The molecule has 1 N–H and O–H groups in total. The third kappa shape index (κ3) is 3.19. The van der Waals surface area contributed by atoms with Crippen molar-refractivity contribution >= 4 is 39.6 Å². The summed E-state index contributed by atoms with van der Waals surface area (Å²) >= 11 is 6.80. The second-order valence-electron chi connectivity index (χ2n) is 3.85. The molecule has 98 valence electrons. The van der Waals surface area contributed by atoms with Crippen LogP contribution < -0.4 is 5.32 Å². The normalized spacial score (nSPS) is 10.2. The number of halogens is 1. The Kier molecular flexibility index (Phi) is 4.29. The minimum absolute atomic E-state index is 0.141. The van der Waals surface area contributed by atoms with E-state index >= 15 is 0 Å². The molecule has 0 fully saturated rings. The van der Waals surface area contributed by atoms with Gasteiger partial charge in [0, 0.05) is 22.8 Å². The van der Waals surface area contributed by atoms with Gasteiger partial charge in [0.05, 0.1) is 5.56 Å². The molecule has 0 atom stereocenters. The predicted octanol–water partition coefficient (Wildman–Crippen LogP) is 2.86. The number of carbonyl (C=O) groups excluding carboxylic acids is 2. The number of carbonyl (C=O) groups is 2. The van der Waals surface area contributed by atoms with Gasteiger partial charge in [-0.05, 0) is 25.1 Å². The van der Waals surface area contributed by atoms with Crippen molar-refractivity contribution in [2.24, 2.45) is 0 Å². The second kappa shape index (κ2) is 5.95. The SMILES string of the molecule is Cc1cc(C(=O)c2cccnc2)c(NC(=O)CCl)s1. The molecular weight excluding hydrogens is 284 g/mol. The first-order valence-electron chi connectivity index (χ1n) is 5.53. The maximum Gasteiger partial charge on any atom is 0.239 e. The first-order valence-corrected chi connectivity index (χ1v) is 6.88. The van der Waals surface area contributed by atoms with E-state index in [9.17, 15) is 9.59 Å². The standard InChI is InChI=1S/C13H11ClN2O2S/c1-8-5-10(13(19-8)16-11(17)6-14)12(18)9-3-2-4-15-7-9/h2-5,7H,6H2,1H3,(H,16,17). The molecule has 1 amide bonds. The number of thiophene rings is 1. The molecule has 0 aliphatic carbocycles. The van der Waals surface area contributed by atoms with Crippen LogP contribution in [0.4, 0.5) is 5.00 Å². The molecule has 0 saturated carbocycles. The lowest BCUT2D eigenvalue weighted by Crippen LogP contribution is -2.14. The highest BCUT2D eigenvalue weighted by atomic mass is 35.5. The van der Waals surface area contributed by atoms with Gasteiger partial charge in [-0.3, -0.25) is 14.6 Å². The topological polar surface area (TPSA) is 59.1 Å². The number of aromatic nitrogens is 1. The molecule has 2 heterocycles. The van der Waals surface area contributed by atoms with Gasteiger partial charge >= 0.3 is 0 Å². The Bertz CT molecular complexity index is 610. The van der Waals surface area contributed by atoms with Gasteiger partial charge in [-0.25, -0.2) is 0 Å². The van der Waals surface area contributed by atoms with E-state index in [1.807, 2.05) is 6.92 Å². The third-order valence-corrected chi connectivity index (χ3v) is 3.61. The molecular formula is C13H11ClN2O2S. The second-order valence-corrected chi connectivity index (χ2v) is 5.38. The summed E-state index contributed by atoms with van der Waals surface area (Å²) in [5.41, 5.74) is 0.954. The van der Waals surface area contributed by atoms with E-state index in [1.165, 1.54) is 17.5 Å². The Labute approximate surface area is 119 Å². The van der Waals surface area contributed by atoms with Crippen molar-refractivity contribution in [1.82, 2.24) is 4.98 Å². The lowest BCUT2D eigenvalue weighted by molar-refractivity contribution is -0.113. The van der Waals surface area contributed by atoms with Gasteiger partial charge in [-0.15, -0.1) is 22.9 Å². The first-order chi connectivity index (χ1) is 9.11. The molecule has 19 heavy (non-hydrogen) atoms. The van der Waals surface area contributed by atoms with Gasteiger partial charge in [-0.1, -0.05) is 0 Å². The van der Waals surface area contributed by atoms with Crippen molar-refractivity contribution in [3.63, 3.8) is 0 Å². The Balaban J connectivity index is 2.34. The number of alkyl halides is 1. The van der Waals surface area contributed by atoms with Gasteiger partial charge in [0.2, 0.25) is 5.91 Å². The number of hydrogen-bond donors (Lipinski definition) is 1. The lowest BCUT2D eigenvalue weighted by Gasteiger charge is -2.03. The summed E-state index contributed by atoms with van der Waals surface area (Å²) in [5.74, 6) is -0.636. The molecule has 0 radical (unpaired) electrons. The van der Waals surface area contributed by atoms with E-state index in [0.717, 1.165) is 4.88 Å². The van der Waals surface area contributed by atoms with Gasteiger partial charge in [0.25, 0.3) is 0 Å². The van der Waals surface area contributed by atoms with Crippen LogP contribution in [0.1, 0.15) is 20.8 Å². The van der Waals surface area contributed by atoms with Crippen LogP contribution in [0, 0.1) is 6.92 Å². The highest BCUT2D eigenvalue weighted by Crippen LogP contribution is 2.29. The highest BCUT2D eigenvalue weighted by Gasteiger charge is 2.18. The molecule has 0 bridgehead atoms. The van der Waals surface area contributed by atoms with Gasteiger partial charge in [0.1, 0.15) is 10.9 Å². The highest BCUT2D eigenvalue weighted by molar-refractivity contribution is 7.16. The fourth-order valence-electron chi connectivity index (χ4n) is 1.59. The number of hydrogen-bond acceptors (Lipinski definition) is 4. The Morgan fingerprint density at radius 2 is 2.26 bits per heavy atom. The summed E-state index contributed by atoms with van der Waals surface area (Å²) in [5, 5.41) is 3.16. The fourth-order valence-corrected chi connectivity index (χ4v) is 2.58. The smallest absolute Gasteiger partial charge is 0.239 e. The Morgan fingerprint density at radius 1 is 1.47 bits per heavy atom. The number of pyridine rings is 1. The van der Waals surface area contributed by atoms with Crippen molar-refractivity contribution in [2.75, 3.05) is 11.2 Å². The maximum absolute atomic E-state index is 12.3. The van der Waals surface area contributed by atoms with Gasteiger partial charge < -0.3 is 5.32 Å². The molecule has 0 aromatic carbocycles. The molecule has 2 rings (SSSR count). The zero-order chi connectivity index (χ0) is 13.8. The minimum atomic E-state index is -0.330. The van der Waals surface area contributed by atoms with Crippen molar-refractivity contribution in [1.29, 1.82) is 0 Å². The van der Waals surface area contributed by atoms with E-state index in [4.69, 9.17) is 11.6 Å². The monoisotopic (exact) mass is 294 g/mol. The van der Waals surface area contributed by atoms with Crippen molar-refractivity contribution in [2.45, 2.75) is 6.92 Å². The summed E-state index contributed by atoms with van der Waals surface area (Å²) in [4.78, 5) is 28.5. The number of amides is 1. The number of nitrogens with zero attached hydrogens (tertiary/aromatic N) is 1. The average Bonchev–Trinajstić information content (AvgIpc) is 2.79. The summed E-state index contributed by atoms with van der Waals surface area (Å²) in [7, 11) is 0. The minimum Gasteiger partial charge on any atom is -0.316 e. The third-order valence-electron chi connectivity index (χ3n) is 2.40. The molecule has 6 heteroatoms. The van der Waals surface area contributed by atoms with E-state index in [2.05, 4.69) is 10.3 Å². The van der Waals surface area contributed by atoms with Crippen molar-refractivity contribution < 1.29 is 9.59 Å². The number of nitrogens with one attached hydrogen (secondary N) is 1. The van der Waals surface area contributed by atoms with Crippen molar-refractivity contribution in [3.05, 3.63) is 46.6 Å². The Morgan fingerprint density at radius 3 is 2.89 bits per heavy atom. The number of ketones is 1. The van der Waals surface area contributed by atoms with Crippen molar-refractivity contribution in [3.8, 4) is 0 Å². The summed E-state index contributed by atoms with van der Waals surface area (Å²) < 4.78 is 0. The summed E-state index contributed by atoms with van der Waals surface area (Å²) in [6, 6.07) is 5.14. The van der Waals surface area contributed by atoms with Crippen LogP contribution in [0.15, 0.2) is 30.6 Å². The molecule has 0 saturated heterocycles. The van der Waals surface area contributed by atoms with Crippen LogP contribution in [0.5, 0.6) is 0 Å². The molecule has 0 aliphatic heterocycles. The zero-order valence-electron chi connectivity index (χ0n) is 10.1. The van der Waals surface area contributed by atoms with Crippen LogP contribution in [0.25, 0.3) is 0 Å². The zero-order valence-corrected chi connectivity index (χ0v) is 11.7.